The van der Waals surface area contributed by atoms with Crippen molar-refractivity contribution in [1.29, 1.82) is 0 Å². The van der Waals surface area contributed by atoms with Crippen molar-refractivity contribution in [2.75, 3.05) is 6.54 Å². The van der Waals surface area contributed by atoms with Gasteiger partial charge in [0.15, 0.2) is 0 Å². The van der Waals surface area contributed by atoms with Gasteiger partial charge < -0.3 is 9.69 Å². The lowest BCUT2D eigenvalue weighted by Crippen LogP contribution is -2.46. The molecule has 0 bridgehead atoms. The van der Waals surface area contributed by atoms with Crippen LogP contribution in [0.2, 0.25) is 0 Å². The number of aldehydes is 1. The predicted molar refractivity (Wildman–Crippen MR) is 84.7 cm³/mol. The summed E-state index contributed by atoms with van der Waals surface area (Å²) in [4.78, 5) is 29.9. The van der Waals surface area contributed by atoms with E-state index in [2.05, 4.69) is 4.99 Å². The average Bonchev–Trinajstić information content (AvgIpc) is 2.58. The fraction of sp³-hybridized carbons (Fsp3) is 0.167. The number of benzene rings is 2. The van der Waals surface area contributed by atoms with Crippen molar-refractivity contribution in [1.82, 2.24) is 4.90 Å². The molecule has 0 aromatic heterocycles. The van der Waals surface area contributed by atoms with Crippen LogP contribution in [0, 0.1) is 0 Å². The van der Waals surface area contributed by atoms with Crippen LogP contribution in [0.25, 0.3) is 0 Å². The molecule has 0 radical (unpaired) electrons. The Morgan fingerprint density at radius 1 is 1.05 bits per heavy atom. The molecule has 1 unspecified atom stereocenters. The molecule has 4 nitrogen and oxygen atoms in total. The van der Waals surface area contributed by atoms with E-state index in [1.54, 1.807) is 4.90 Å². The molecule has 22 heavy (non-hydrogen) atoms. The first-order valence-corrected chi connectivity index (χ1v) is 7.19. The standard InChI is InChI=1S/C18H16N2O2/c21-13-16-12-20(11-14-7-3-1-4-8-14)18(22)17(19-16)15-9-5-2-6-10-15/h1-10,13,16H,11-12H2. The van der Waals surface area contributed by atoms with Crippen LogP contribution in [0.4, 0.5) is 0 Å². The molecule has 1 aliphatic heterocycles. The summed E-state index contributed by atoms with van der Waals surface area (Å²) in [5.74, 6) is -0.131. The average molecular weight is 292 g/mol. The first kappa shape index (κ1) is 14.2. The third kappa shape index (κ3) is 2.96. The van der Waals surface area contributed by atoms with Gasteiger partial charge >= 0.3 is 0 Å². The van der Waals surface area contributed by atoms with E-state index in [9.17, 15) is 9.59 Å². The highest BCUT2D eigenvalue weighted by Crippen LogP contribution is 2.15. The van der Waals surface area contributed by atoms with Gasteiger partial charge in [0.2, 0.25) is 0 Å². The van der Waals surface area contributed by atoms with Gasteiger partial charge in [-0.3, -0.25) is 9.79 Å². The number of nitrogens with zero attached hydrogens (tertiary/aromatic N) is 2. The third-order valence-electron chi connectivity index (χ3n) is 3.61. The van der Waals surface area contributed by atoms with Gasteiger partial charge in [-0.05, 0) is 5.56 Å². The summed E-state index contributed by atoms with van der Waals surface area (Å²) >= 11 is 0. The Bertz CT molecular complexity index is 696. The van der Waals surface area contributed by atoms with Crippen molar-refractivity contribution < 1.29 is 9.59 Å². The van der Waals surface area contributed by atoms with Crippen molar-refractivity contribution >= 4 is 17.9 Å². The number of carbonyl (C=O) groups excluding carboxylic acids is 2. The van der Waals surface area contributed by atoms with Crippen LogP contribution in [-0.4, -0.2) is 35.4 Å². The maximum Gasteiger partial charge on any atom is 0.273 e. The van der Waals surface area contributed by atoms with E-state index in [4.69, 9.17) is 0 Å². The van der Waals surface area contributed by atoms with Gasteiger partial charge in [-0.1, -0.05) is 60.7 Å². The summed E-state index contributed by atoms with van der Waals surface area (Å²) in [5, 5.41) is 0. The van der Waals surface area contributed by atoms with Gasteiger partial charge in [-0.2, -0.15) is 0 Å². The monoisotopic (exact) mass is 292 g/mol. The Labute approximate surface area is 129 Å². The molecule has 0 fully saturated rings. The first-order chi connectivity index (χ1) is 10.8. The molecule has 110 valence electrons. The van der Waals surface area contributed by atoms with Crippen molar-refractivity contribution in [2.45, 2.75) is 12.6 Å². The molecule has 1 heterocycles. The van der Waals surface area contributed by atoms with Crippen molar-refractivity contribution in [3.05, 3.63) is 71.8 Å². The van der Waals surface area contributed by atoms with Crippen LogP contribution >= 0.6 is 0 Å². The van der Waals surface area contributed by atoms with E-state index in [-0.39, 0.29) is 5.91 Å². The predicted octanol–water partition coefficient (Wildman–Crippen LogP) is 2.09. The lowest BCUT2D eigenvalue weighted by Gasteiger charge is -2.29. The van der Waals surface area contributed by atoms with Gasteiger partial charge in [-0.25, -0.2) is 0 Å². The maximum absolute atomic E-state index is 12.7. The number of hydrogen-bond donors (Lipinski definition) is 0. The molecule has 0 aliphatic carbocycles. The third-order valence-corrected chi connectivity index (χ3v) is 3.61. The van der Waals surface area contributed by atoms with E-state index in [1.165, 1.54) is 0 Å². The number of carbonyl (C=O) groups is 2. The minimum absolute atomic E-state index is 0.131. The quantitative estimate of drug-likeness (QED) is 0.810. The molecule has 3 rings (SSSR count). The second kappa shape index (κ2) is 6.35. The Kier molecular flexibility index (Phi) is 4.10. The van der Waals surface area contributed by atoms with Crippen LogP contribution in [0.5, 0.6) is 0 Å². The molecule has 1 atom stereocenters. The fourth-order valence-corrected chi connectivity index (χ4v) is 2.53. The molecule has 2 aromatic rings. The molecule has 0 saturated heterocycles. The van der Waals surface area contributed by atoms with E-state index >= 15 is 0 Å². The van der Waals surface area contributed by atoms with Crippen molar-refractivity contribution in [2.24, 2.45) is 4.99 Å². The van der Waals surface area contributed by atoms with Gasteiger partial charge in [0.25, 0.3) is 5.91 Å². The fourth-order valence-electron chi connectivity index (χ4n) is 2.53. The molecule has 0 spiro atoms. The molecule has 1 amide bonds. The zero-order valence-corrected chi connectivity index (χ0v) is 12.1. The number of aliphatic imine (C=N–C) groups is 1. The van der Waals surface area contributed by atoms with Gasteiger partial charge in [0.05, 0.1) is 6.54 Å². The largest absolute Gasteiger partial charge is 0.330 e. The summed E-state index contributed by atoms with van der Waals surface area (Å²) in [7, 11) is 0. The Hall–Kier alpha value is -2.75. The number of hydrogen-bond acceptors (Lipinski definition) is 3. The van der Waals surface area contributed by atoms with Crippen LogP contribution in [0.1, 0.15) is 11.1 Å². The zero-order valence-electron chi connectivity index (χ0n) is 12.1. The molecule has 0 N–H and O–H groups in total. The lowest BCUT2D eigenvalue weighted by molar-refractivity contribution is -0.126. The van der Waals surface area contributed by atoms with E-state index in [0.29, 0.717) is 18.8 Å². The van der Waals surface area contributed by atoms with Crippen LogP contribution in [0.15, 0.2) is 65.7 Å². The molecular weight excluding hydrogens is 276 g/mol. The summed E-state index contributed by atoms with van der Waals surface area (Å²) in [5.41, 5.74) is 2.15. The summed E-state index contributed by atoms with van der Waals surface area (Å²) in [6.07, 6.45) is 0.799. The van der Waals surface area contributed by atoms with E-state index in [1.807, 2.05) is 60.7 Å². The van der Waals surface area contributed by atoms with Gasteiger partial charge in [-0.15, -0.1) is 0 Å². The van der Waals surface area contributed by atoms with Crippen molar-refractivity contribution in [3.63, 3.8) is 0 Å². The van der Waals surface area contributed by atoms with Gasteiger partial charge in [0, 0.05) is 12.1 Å². The zero-order chi connectivity index (χ0) is 15.4. The molecule has 1 aliphatic rings. The van der Waals surface area contributed by atoms with E-state index in [0.717, 1.165) is 17.4 Å². The highest BCUT2D eigenvalue weighted by atomic mass is 16.2. The van der Waals surface area contributed by atoms with Crippen LogP contribution in [0.3, 0.4) is 0 Å². The van der Waals surface area contributed by atoms with Crippen LogP contribution in [-0.2, 0) is 16.1 Å². The first-order valence-electron chi connectivity index (χ1n) is 7.19. The minimum Gasteiger partial charge on any atom is -0.330 e. The smallest absolute Gasteiger partial charge is 0.273 e. The highest BCUT2D eigenvalue weighted by Gasteiger charge is 2.29. The Morgan fingerprint density at radius 3 is 2.32 bits per heavy atom. The Morgan fingerprint density at radius 2 is 1.68 bits per heavy atom. The second-order valence-electron chi connectivity index (χ2n) is 5.22. The number of rotatable bonds is 4. The SMILES string of the molecule is O=CC1CN(Cc2ccccc2)C(=O)C(c2ccccc2)=N1. The summed E-state index contributed by atoms with van der Waals surface area (Å²) < 4.78 is 0. The maximum atomic E-state index is 12.7. The molecule has 2 aromatic carbocycles. The highest BCUT2D eigenvalue weighted by molar-refractivity contribution is 6.45. The molecule has 4 heteroatoms. The normalized spacial score (nSPS) is 18.0. The van der Waals surface area contributed by atoms with E-state index < -0.39 is 6.04 Å². The number of amides is 1. The summed E-state index contributed by atoms with van der Waals surface area (Å²) in [6.45, 7) is 0.809. The summed E-state index contributed by atoms with van der Waals surface area (Å²) in [6, 6.07) is 18.5. The lowest BCUT2D eigenvalue weighted by atomic mass is 10.0. The van der Waals surface area contributed by atoms with Crippen LogP contribution < -0.4 is 0 Å². The minimum atomic E-state index is -0.503. The second-order valence-corrected chi connectivity index (χ2v) is 5.22. The molecular formula is C18H16N2O2. The Balaban J connectivity index is 1.89. The molecule has 0 saturated carbocycles. The van der Waals surface area contributed by atoms with Gasteiger partial charge in [0.1, 0.15) is 18.0 Å². The topological polar surface area (TPSA) is 49.7 Å². The van der Waals surface area contributed by atoms with Crippen molar-refractivity contribution in [3.8, 4) is 0 Å².